The Balaban J connectivity index is 2.87. The lowest BCUT2D eigenvalue weighted by atomic mass is 9.94. The fourth-order valence-electron chi connectivity index (χ4n) is 1.94. The van der Waals surface area contributed by atoms with E-state index in [0.29, 0.717) is 24.0 Å². The number of ether oxygens (including phenoxy) is 2. The maximum absolute atomic E-state index is 10.6. The highest BCUT2D eigenvalue weighted by molar-refractivity contribution is 5.43. The van der Waals surface area contributed by atoms with Crippen LogP contribution in [0.25, 0.3) is 0 Å². The SMILES string of the molecule is COc1ccc(C(C)(O)CNCC(C)C)c(OC)c1. The largest absolute Gasteiger partial charge is 0.497 e. The van der Waals surface area contributed by atoms with Gasteiger partial charge in [-0.05, 0) is 31.5 Å². The Labute approximate surface area is 115 Å². The molecule has 0 aliphatic carbocycles. The van der Waals surface area contributed by atoms with E-state index in [4.69, 9.17) is 9.47 Å². The van der Waals surface area contributed by atoms with Crippen LogP contribution >= 0.6 is 0 Å². The molecule has 1 aromatic carbocycles. The van der Waals surface area contributed by atoms with Gasteiger partial charge in [-0.3, -0.25) is 0 Å². The van der Waals surface area contributed by atoms with Crippen LogP contribution in [0.5, 0.6) is 11.5 Å². The number of aliphatic hydroxyl groups is 1. The standard InChI is InChI=1S/C15H25NO3/c1-11(2)9-16-10-15(3,17)13-7-6-12(18-4)8-14(13)19-5/h6-8,11,16-17H,9-10H2,1-5H3. The van der Waals surface area contributed by atoms with E-state index in [1.807, 2.05) is 12.1 Å². The lowest BCUT2D eigenvalue weighted by Gasteiger charge is -2.27. The number of benzene rings is 1. The molecule has 4 nitrogen and oxygen atoms in total. The van der Waals surface area contributed by atoms with E-state index in [-0.39, 0.29) is 0 Å². The smallest absolute Gasteiger partial charge is 0.128 e. The monoisotopic (exact) mass is 267 g/mol. The zero-order chi connectivity index (χ0) is 14.5. The molecule has 2 N–H and O–H groups in total. The zero-order valence-corrected chi connectivity index (χ0v) is 12.5. The number of rotatable bonds is 7. The van der Waals surface area contributed by atoms with Crippen LogP contribution in [0.15, 0.2) is 18.2 Å². The molecule has 0 aliphatic rings. The van der Waals surface area contributed by atoms with Crippen molar-refractivity contribution in [1.82, 2.24) is 5.32 Å². The van der Waals surface area contributed by atoms with Gasteiger partial charge in [0.05, 0.1) is 14.2 Å². The quantitative estimate of drug-likeness (QED) is 0.795. The molecule has 1 unspecified atom stereocenters. The van der Waals surface area contributed by atoms with Crippen LogP contribution in [-0.2, 0) is 5.60 Å². The first-order valence-corrected chi connectivity index (χ1v) is 6.56. The van der Waals surface area contributed by atoms with Crippen molar-refractivity contribution < 1.29 is 14.6 Å². The molecule has 0 saturated heterocycles. The molecule has 0 amide bonds. The summed E-state index contributed by atoms with van der Waals surface area (Å²) in [6.45, 7) is 7.40. The first kappa shape index (κ1) is 15.8. The Morgan fingerprint density at radius 2 is 1.95 bits per heavy atom. The van der Waals surface area contributed by atoms with Gasteiger partial charge >= 0.3 is 0 Å². The summed E-state index contributed by atoms with van der Waals surface area (Å²) in [5, 5.41) is 13.9. The highest BCUT2D eigenvalue weighted by atomic mass is 16.5. The molecule has 0 radical (unpaired) electrons. The maximum atomic E-state index is 10.6. The van der Waals surface area contributed by atoms with Crippen molar-refractivity contribution in [2.24, 2.45) is 5.92 Å². The van der Waals surface area contributed by atoms with E-state index < -0.39 is 5.60 Å². The minimum atomic E-state index is -0.980. The highest BCUT2D eigenvalue weighted by Crippen LogP contribution is 2.32. The summed E-state index contributed by atoms with van der Waals surface area (Å²) < 4.78 is 10.5. The fourth-order valence-corrected chi connectivity index (χ4v) is 1.94. The molecule has 0 bridgehead atoms. The van der Waals surface area contributed by atoms with Gasteiger partial charge in [0, 0.05) is 18.2 Å². The number of nitrogens with one attached hydrogen (secondary N) is 1. The topological polar surface area (TPSA) is 50.7 Å². The lowest BCUT2D eigenvalue weighted by molar-refractivity contribution is 0.0538. The van der Waals surface area contributed by atoms with E-state index in [2.05, 4.69) is 19.2 Å². The van der Waals surface area contributed by atoms with Gasteiger partial charge < -0.3 is 19.9 Å². The summed E-state index contributed by atoms with van der Waals surface area (Å²) in [6, 6.07) is 5.45. The molecule has 0 heterocycles. The third kappa shape index (κ3) is 4.40. The van der Waals surface area contributed by atoms with Crippen molar-refractivity contribution in [3.8, 4) is 11.5 Å². The summed E-state index contributed by atoms with van der Waals surface area (Å²) in [5.74, 6) is 1.90. The Hall–Kier alpha value is -1.26. The molecule has 1 atom stereocenters. The molecule has 1 aromatic rings. The normalized spacial score (nSPS) is 14.3. The van der Waals surface area contributed by atoms with Crippen molar-refractivity contribution in [2.45, 2.75) is 26.4 Å². The fraction of sp³-hybridized carbons (Fsp3) is 0.600. The number of methoxy groups -OCH3 is 2. The van der Waals surface area contributed by atoms with Gasteiger partial charge in [0.15, 0.2) is 0 Å². The van der Waals surface area contributed by atoms with Crippen LogP contribution in [0.1, 0.15) is 26.3 Å². The molecule has 4 heteroatoms. The molecule has 0 aliphatic heterocycles. The predicted octanol–water partition coefficient (Wildman–Crippen LogP) is 2.16. The highest BCUT2D eigenvalue weighted by Gasteiger charge is 2.26. The molecule has 19 heavy (non-hydrogen) atoms. The predicted molar refractivity (Wildman–Crippen MR) is 76.8 cm³/mol. The maximum Gasteiger partial charge on any atom is 0.128 e. The Morgan fingerprint density at radius 1 is 1.26 bits per heavy atom. The average molecular weight is 267 g/mol. The zero-order valence-electron chi connectivity index (χ0n) is 12.5. The van der Waals surface area contributed by atoms with Crippen molar-refractivity contribution in [2.75, 3.05) is 27.3 Å². The van der Waals surface area contributed by atoms with Gasteiger partial charge in [-0.25, -0.2) is 0 Å². The van der Waals surface area contributed by atoms with Crippen LogP contribution in [0, 0.1) is 5.92 Å². The number of hydrogen-bond acceptors (Lipinski definition) is 4. The molecular formula is C15H25NO3. The molecule has 0 aromatic heterocycles. The Morgan fingerprint density at radius 3 is 2.47 bits per heavy atom. The summed E-state index contributed by atoms with van der Waals surface area (Å²) in [4.78, 5) is 0. The molecule has 0 saturated carbocycles. The van der Waals surface area contributed by atoms with Gasteiger partial charge in [0.2, 0.25) is 0 Å². The molecule has 1 rings (SSSR count). The van der Waals surface area contributed by atoms with Crippen molar-refractivity contribution >= 4 is 0 Å². The third-order valence-corrected chi connectivity index (χ3v) is 3.01. The summed E-state index contributed by atoms with van der Waals surface area (Å²) in [7, 11) is 3.20. The molecular weight excluding hydrogens is 242 g/mol. The summed E-state index contributed by atoms with van der Waals surface area (Å²) >= 11 is 0. The second kappa shape index (κ2) is 6.78. The first-order chi connectivity index (χ1) is 8.90. The molecule has 108 valence electrons. The van der Waals surface area contributed by atoms with Gasteiger partial charge in [0.25, 0.3) is 0 Å². The van der Waals surface area contributed by atoms with Crippen LogP contribution in [0.4, 0.5) is 0 Å². The minimum Gasteiger partial charge on any atom is -0.497 e. The van der Waals surface area contributed by atoms with Crippen molar-refractivity contribution in [3.05, 3.63) is 23.8 Å². The van der Waals surface area contributed by atoms with Crippen LogP contribution < -0.4 is 14.8 Å². The van der Waals surface area contributed by atoms with Gasteiger partial charge in [0.1, 0.15) is 17.1 Å². The first-order valence-electron chi connectivity index (χ1n) is 6.56. The Kier molecular flexibility index (Phi) is 5.63. The van der Waals surface area contributed by atoms with Crippen molar-refractivity contribution in [3.63, 3.8) is 0 Å². The Bertz CT molecular complexity index is 402. The number of hydrogen-bond donors (Lipinski definition) is 2. The third-order valence-electron chi connectivity index (χ3n) is 3.01. The van der Waals surface area contributed by atoms with Gasteiger partial charge in [-0.2, -0.15) is 0 Å². The van der Waals surface area contributed by atoms with E-state index in [0.717, 1.165) is 12.1 Å². The second-order valence-corrected chi connectivity index (χ2v) is 5.36. The average Bonchev–Trinajstić information content (AvgIpc) is 2.37. The molecule has 0 spiro atoms. The summed E-state index contributed by atoms with van der Waals surface area (Å²) in [5.41, 5.74) is -0.223. The van der Waals surface area contributed by atoms with Gasteiger partial charge in [-0.1, -0.05) is 13.8 Å². The van der Waals surface area contributed by atoms with E-state index in [1.54, 1.807) is 27.2 Å². The van der Waals surface area contributed by atoms with Crippen LogP contribution in [0.2, 0.25) is 0 Å². The second-order valence-electron chi connectivity index (χ2n) is 5.36. The van der Waals surface area contributed by atoms with Gasteiger partial charge in [-0.15, -0.1) is 0 Å². The lowest BCUT2D eigenvalue weighted by Crippen LogP contribution is -2.37. The minimum absolute atomic E-state index is 0.480. The molecule has 0 fully saturated rings. The van der Waals surface area contributed by atoms with Crippen molar-refractivity contribution in [1.29, 1.82) is 0 Å². The van der Waals surface area contributed by atoms with E-state index in [9.17, 15) is 5.11 Å². The van der Waals surface area contributed by atoms with Crippen LogP contribution in [-0.4, -0.2) is 32.4 Å². The van der Waals surface area contributed by atoms with E-state index >= 15 is 0 Å². The summed E-state index contributed by atoms with van der Waals surface area (Å²) in [6.07, 6.45) is 0. The van der Waals surface area contributed by atoms with Crippen LogP contribution in [0.3, 0.4) is 0 Å². The van der Waals surface area contributed by atoms with E-state index in [1.165, 1.54) is 0 Å².